The second-order valence-electron chi connectivity index (χ2n) is 4.86. The van der Waals surface area contributed by atoms with Gasteiger partial charge in [-0.15, -0.1) is 0 Å². The summed E-state index contributed by atoms with van der Waals surface area (Å²) in [4.78, 5) is 23.1. The molecular weight excluding hydrogens is 312 g/mol. The molecule has 1 aromatic rings. The maximum atomic E-state index is 11.6. The highest BCUT2D eigenvalue weighted by atomic mass is 79.9. The minimum Gasteiger partial charge on any atom is -0.492 e. The Morgan fingerprint density at radius 2 is 1.95 bits per heavy atom. The molecule has 0 aliphatic heterocycles. The minimum atomic E-state index is -0.768. The summed E-state index contributed by atoms with van der Waals surface area (Å²) in [6, 6.07) is 5.18. The summed E-state index contributed by atoms with van der Waals surface area (Å²) in [6.07, 6.45) is 0. The van der Waals surface area contributed by atoms with Crippen LogP contribution in [0.2, 0.25) is 0 Å². The molecule has 1 aromatic carbocycles. The molecule has 0 saturated carbocycles. The van der Waals surface area contributed by atoms with E-state index in [0.29, 0.717) is 11.3 Å². The fourth-order valence-corrected chi connectivity index (χ4v) is 1.86. The van der Waals surface area contributed by atoms with Crippen LogP contribution in [0.25, 0.3) is 0 Å². The average molecular weight is 329 g/mol. The molecule has 0 aliphatic rings. The Hall–Kier alpha value is -1.36. The highest BCUT2D eigenvalue weighted by Crippen LogP contribution is 2.26. The van der Waals surface area contributed by atoms with Crippen molar-refractivity contribution in [1.29, 1.82) is 0 Å². The predicted molar refractivity (Wildman–Crippen MR) is 75.4 cm³/mol. The van der Waals surface area contributed by atoms with Gasteiger partial charge in [0.15, 0.2) is 5.78 Å². The Kier molecular flexibility index (Phi) is 5.11. The van der Waals surface area contributed by atoms with E-state index in [-0.39, 0.29) is 18.4 Å². The van der Waals surface area contributed by atoms with Crippen molar-refractivity contribution < 1.29 is 19.1 Å². The van der Waals surface area contributed by atoms with Crippen molar-refractivity contribution in [2.45, 2.75) is 20.8 Å². The monoisotopic (exact) mass is 328 g/mol. The first-order chi connectivity index (χ1) is 8.77. The van der Waals surface area contributed by atoms with E-state index < -0.39 is 5.41 Å². The zero-order valence-electron chi connectivity index (χ0n) is 11.5. The summed E-state index contributed by atoms with van der Waals surface area (Å²) in [5.74, 6) is 0.0221. The van der Waals surface area contributed by atoms with E-state index in [1.807, 2.05) is 0 Å². The summed E-state index contributed by atoms with van der Waals surface area (Å²) < 4.78 is 11.1. The molecule has 0 amide bonds. The van der Waals surface area contributed by atoms with Crippen LogP contribution in [0.15, 0.2) is 22.7 Å². The topological polar surface area (TPSA) is 52.6 Å². The molecule has 19 heavy (non-hydrogen) atoms. The molecule has 0 aromatic heterocycles. The Labute approximate surface area is 121 Å². The predicted octanol–water partition coefficient (Wildman–Crippen LogP) is 3.23. The molecule has 0 unspecified atom stereocenters. The molecule has 4 nitrogen and oxygen atoms in total. The maximum absolute atomic E-state index is 11.6. The van der Waals surface area contributed by atoms with E-state index in [9.17, 15) is 9.59 Å². The molecule has 0 saturated heterocycles. The Morgan fingerprint density at radius 3 is 2.47 bits per heavy atom. The lowest BCUT2D eigenvalue weighted by atomic mass is 9.95. The smallest absolute Gasteiger partial charge is 0.314 e. The molecule has 0 N–H and O–H groups in total. The molecule has 1 rings (SSSR count). The van der Waals surface area contributed by atoms with Crippen LogP contribution in [0.3, 0.4) is 0 Å². The van der Waals surface area contributed by atoms with Crippen LogP contribution in [-0.2, 0) is 9.53 Å². The zero-order valence-corrected chi connectivity index (χ0v) is 13.0. The van der Waals surface area contributed by atoms with Crippen LogP contribution >= 0.6 is 15.9 Å². The summed E-state index contributed by atoms with van der Waals surface area (Å²) in [7, 11) is 1.34. The van der Waals surface area contributed by atoms with Gasteiger partial charge in [0.2, 0.25) is 0 Å². The largest absolute Gasteiger partial charge is 0.492 e. The van der Waals surface area contributed by atoms with Gasteiger partial charge in [-0.2, -0.15) is 0 Å². The van der Waals surface area contributed by atoms with E-state index in [2.05, 4.69) is 15.9 Å². The van der Waals surface area contributed by atoms with E-state index in [4.69, 9.17) is 9.47 Å². The van der Waals surface area contributed by atoms with Gasteiger partial charge in [-0.05, 0) is 39.0 Å². The average Bonchev–Trinajstić information content (AvgIpc) is 2.36. The number of benzene rings is 1. The van der Waals surface area contributed by atoms with Gasteiger partial charge in [0.25, 0.3) is 0 Å². The van der Waals surface area contributed by atoms with E-state index in [1.54, 1.807) is 32.0 Å². The molecule has 0 atom stereocenters. The second kappa shape index (κ2) is 6.19. The van der Waals surface area contributed by atoms with Crippen molar-refractivity contribution in [3.05, 3.63) is 28.2 Å². The van der Waals surface area contributed by atoms with Crippen LogP contribution in [0.5, 0.6) is 5.75 Å². The van der Waals surface area contributed by atoms with Crippen molar-refractivity contribution in [3.63, 3.8) is 0 Å². The fraction of sp³-hybridized carbons (Fsp3) is 0.429. The molecule has 0 heterocycles. The Morgan fingerprint density at radius 1 is 1.32 bits per heavy atom. The summed E-state index contributed by atoms with van der Waals surface area (Å²) in [6.45, 7) is 5.07. The first-order valence-electron chi connectivity index (χ1n) is 5.79. The Balaban J connectivity index is 2.89. The normalized spacial score (nSPS) is 11.0. The molecule has 5 heteroatoms. The van der Waals surface area contributed by atoms with Crippen molar-refractivity contribution in [2.24, 2.45) is 5.41 Å². The highest BCUT2D eigenvalue weighted by molar-refractivity contribution is 9.10. The van der Waals surface area contributed by atoms with Gasteiger partial charge in [0.05, 0.1) is 18.1 Å². The molecule has 0 fully saturated rings. The number of hydrogen-bond acceptors (Lipinski definition) is 4. The number of methoxy groups -OCH3 is 1. The lowest BCUT2D eigenvalue weighted by Crippen LogP contribution is -2.32. The third kappa shape index (κ3) is 4.06. The molecule has 0 bridgehead atoms. The number of halogens is 1. The first kappa shape index (κ1) is 15.7. The molecule has 0 radical (unpaired) electrons. The van der Waals surface area contributed by atoms with Crippen LogP contribution in [-0.4, -0.2) is 25.5 Å². The van der Waals surface area contributed by atoms with E-state index in [0.717, 1.165) is 4.47 Å². The highest BCUT2D eigenvalue weighted by Gasteiger charge is 2.30. The third-order valence-electron chi connectivity index (χ3n) is 2.65. The number of ketones is 1. The third-order valence-corrected chi connectivity index (χ3v) is 3.14. The summed E-state index contributed by atoms with van der Waals surface area (Å²) in [5.41, 5.74) is -0.286. The number of carbonyl (C=O) groups is 2. The molecule has 0 aliphatic carbocycles. The van der Waals surface area contributed by atoms with Gasteiger partial charge in [-0.3, -0.25) is 9.59 Å². The maximum Gasteiger partial charge on any atom is 0.314 e. The van der Waals surface area contributed by atoms with Gasteiger partial charge in [0.1, 0.15) is 12.4 Å². The number of esters is 1. The fourth-order valence-electron chi connectivity index (χ4n) is 1.50. The molecular formula is C14H17BrO4. The summed E-state index contributed by atoms with van der Waals surface area (Å²) in [5, 5.41) is 0. The van der Waals surface area contributed by atoms with Crippen molar-refractivity contribution in [3.8, 4) is 5.75 Å². The Bertz CT molecular complexity index is 494. The SMILES string of the molecule is COC(=O)C(C)(C)COc1ccc(Br)cc1C(C)=O. The standard InChI is InChI=1S/C14H17BrO4/c1-9(16)11-7-10(15)5-6-12(11)19-8-14(2,3)13(17)18-4/h5-7H,8H2,1-4H3. The van der Waals surface area contributed by atoms with E-state index in [1.165, 1.54) is 14.0 Å². The van der Waals surface area contributed by atoms with Crippen molar-refractivity contribution >= 4 is 27.7 Å². The number of ether oxygens (including phenoxy) is 2. The van der Waals surface area contributed by atoms with Gasteiger partial charge >= 0.3 is 5.97 Å². The quantitative estimate of drug-likeness (QED) is 0.615. The number of rotatable bonds is 5. The number of Topliss-reactive ketones (excluding diaryl/α,β-unsaturated/α-hetero) is 1. The minimum absolute atomic E-state index is 0.0906. The van der Waals surface area contributed by atoms with Crippen LogP contribution < -0.4 is 4.74 Å². The number of hydrogen-bond donors (Lipinski definition) is 0. The van der Waals surface area contributed by atoms with Crippen LogP contribution in [0, 0.1) is 5.41 Å². The zero-order chi connectivity index (χ0) is 14.6. The first-order valence-corrected chi connectivity index (χ1v) is 6.59. The molecule has 0 spiro atoms. The lowest BCUT2D eigenvalue weighted by Gasteiger charge is -2.22. The molecule has 104 valence electrons. The van der Waals surface area contributed by atoms with Crippen LogP contribution in [0.4, 0.5) is 0 Å². The van der Waals surface area contributed by atoms with Crippen LogP contribution in [0.1, 0.15) is 31.1 Å². The summed E-state index contributed by atoms with van der Waals surface area (Å²) >= 11 is 3.31. The van der Waals surface area contributed by atoms with Gasteiger partial charge in [0, 0.05) is 4.47 Å². The van der Waals surface area contributed by atoms with Gasteiger partial charge in [-0.1, -0.05) is 15.9 Å². The second-order valence-corrected chi connectivity index (χ2v) is 5.78. The van der Waals surface area contributed by atoms with Crippen molar-refractivity contribution in [1.82, 2.24) is 0 Å². The lowest BCUT2D eigenvalue weighted by molar-refractivity contribution is -0.152. The number of carbonyl (C=O) groups excluding carboxylic acids is 2. The van der Waals surface area contributed by atoms with E-state index >= 15 is 0 Å². The van der Waals surface area contributed by atoms with Gasteiger partial charge in [-0.25, -0.2) is 0 Å². The van der Waals surface area contributed by atoms with Gasteiger partial charge < -0.3 is 9.47 Å². The van der Waals surface area contributed by atoms with Crippen molar-refractivity contribution in [2.75, 3.05) is 13.7 Å².